The first-order chi connectivity index (χ1) is 9.13. The fourth-order valence-electron chi connectivity index (χ4n) is 1.92. The topological polar surface area (TPSA) is 58.0 Å². The Bertz CT molecular complexity index is 624. The fraction of sp³-hybridized carbons (Fsp3) is 0.583. The number of aromatic nitrogens is 3. The molecule has 7 heteroatoms. The van der Waals surface area contributed by atoms with Crippen molar-refractivity contribution in [3.8, 4) is 10.8 Å². The molecule has 0 unspecified atom stereocenters. The zero-order chi connectivity index (χ0) is 13.4. The van der Waals surface area contributed by atoms with Crippen LogP contribution in [-0.4, -0.2) is 40.7 Å². The molecule has 0 saturated heterocycles. The normalized spacial score (nSPS) is 15.3. The van der Waals surface area contributed by atoms with Crippen LogP contribution in [0.25, 0.3) is 10.8 Å². The molecule has 0 atom stereocenters. The first-order valence-electron chi connectivity index (χ1n) is 6.33. The van der Waals surface area contributed by atoms with Crippen molar-refractivity contribution in [1.82, 2.24) is 20.1 Å². The van der Waals surface area contributed by atoms with Crippen molar-refractivity contribution in [2.45, 2.75) is 25.2 Å². The molecule has 2 heterocycles. The largest absolute Gasteiger partial charge is 0.408 e. The maximum atomic E-state index is 5.44. The SMILES string of the molecule is CN(C)CCc1nc(C2CC2)c(-c2n[nH]c(=S)o2)s1. The third-order valence-electron chi connectivity index (χ3n) is 3.07. The van der Waals surface area contributed by atoms with E-state index >= 15 is 0 Å². The van der Waals surface area contributed by atoms with Crippen LogP contribution in [0, 0.1) is 4.84 Å². The first kappa shape index (κ1) is 13.0. The lowest BCUT2D eigenvalue weighted by molar-refractivity contribution is 0.413. The van der Waals surface area contributed by atoms with E-state index in [0.717, 1.165) is 28.5 Å². The molecule has 0 aromatic carbocycles. The van der Waals surface area contributed by atoms with Gasteiger partial charge in [-0.15, -0.1) is 16.4 Å². The van der Waals surface area contributed by atoms with E-state index in [1.165, 1.54) is 12.8 Å². The Hall–Kier alpha value is -1.05. The molecule has 5 nitrogen and oxygen atoms in total. The van der Waals surface area contributed by atoms with Gasteiger partial charge in [0.05, 0.1) is 10.7 Å². The van der Waals surface area contributed by atoms with Gasteiger partial charge in [-0.3, -0.25) is 0 Å². The summed E-state index contributed by atoms with van der Waals surface area (Å²) < 4.78 is 5.44. The Balaban J connectivity index is 1.91. The monoisotopic (exact) mass is 296 g/mol. The summed E-state index contributed by atoms with van der Waals surface area (Å²) >= 11 is 6.62. The smallest absolute Gasteiger partial charge is 0.284 e. The second kappa shape index (κ2) is 5.15. The van der Waals surface area contributed by atoms with E-state index in [0.29, 0.717) is 16.6 Å². The summed E-state index contributed by atoms with van der Waals surface area (Å²) in [5.41, 5.74) is 1.14. The van der Waals surface area contributed by atoms with Crippen LogP contribution >= 0.6 is 23.6 Å². The predicted molar refractivity (Wildman–Crippen MR) is 77.0 cm³/mol. The molecule has 1 N–H and O–H groups in total. The van der Waals surface area contributed by atoms with Gasteiger partial charge in [-0.2, -0.15) is 0 Å². The molecule has 1 saturated carbocycles. The van der Waals surface area contributed by atoms with Gasteiger partial charge in [-0.05, 0) is 39.2 Å². The molecule has 1 fully saturated rings. The Labute approximate surface area is 120 Å². The quantitative estimate of drug-likeness (QED) is 0.860. The number of nitrogens with one attached hydrogen (secondary N) is 1. The third-order valence-corrected chi connectivity index (χ3v) is 4.36. The Kier molecular flexibility index (Phi) is 3.51. The summed E-state index contributed by atoms with van der Waals surface area (Å²) in [5.74, 6) is 1.17. The van der Waals surface area contributed by atoms with Gasteiger partial charge in [0.2, 0.25) is 0 Å². The van der Waals surface area contributed by atoms with E-state index < -0.39 is 0 Å². The highest BCUT2D eigenvalue weighted by atomic mass is 32.1. The molecular formula is C12H16N4OS2. The summed E-state index contributed by atoms with van der Waals surface area (Å²) in [6.07, 6.45) is 3.40. The molecule has 0 aliphatic heterocycles. The molecule has 0 radical (unpaired) electrons. The zero-order valence-corrected chi connectivity index (χ0v) is 12.6. The number of nitrogens with zero attached hydrogens (tertiary/aromatic N) is 3. The van der Waals surface area contributed by atoms with Crippen molar-refractivity contribution in [3.05, 3.63) is 15.5 Å². The van der Waals surface area contributed by atoms with Gasteiger partial charge in [0.25, 0.3) is 10.7 Å². The molecule has 2 aromatic rings. The summed E-state index contributed by atoms with van der Waals surface area (Å²) in [5, 5.41) is 7.96. The van der Waals surface area contributed by atoms with Gasteiger partial charge >= 0.3 is 0 Å². The van der Waals surface area contributed by atoms with Crippen molar-refractivity contribution in [3.63, 3.8) is 0 Å². The lowest BCUT2D eigenvalue weighted by atomic mass is 10.2. The van der Waals surface area contributed by atoms with E-state index in [1.54, 1.807) is 11.3 Å². The highest BCUT2D eigenvalue weighted by Gasteiger charge is 2.31. The van der Waals surface area contributed by atoms with Crippen LogP contribution in [0.3, 0.4) is 0 Å². The average molecular weight is 296 g/mol. The van der Waals surface area contributed by atoms with Gasteiger partial charge in [0, 0.05) is 18.9 Å². The van der Waals surface area contributed by atoms with Crippen LogP contribution in [0.2, 0.25) is 0 Å². The summed E-state index contributed by atoms with van der Waals surface area (Å²) in [6.45, 7) is 1.00. The highest BCUT2D eigenvalue weighted by molar-refractivity contribution is 7.71. The maximum Gasteiger partial charge on any atom is 0.284 e. The summed E-state index contributed by atoms with van der Waals surface area (Å²) in [6, 6.07) is 0. The minimum atomic E-state index is 0.319. The molecular weight excluding hydrogens is 280 g/mol. The third kappa shape index (κ3) is 2.93. The van der Waals surface area contributed by atoms with E-state index in [4.69, 9.17) is 21.6 Å². The van der Waals surface area contributed by atoms with Crippen molar-refractivity contribution in [2.24, 2.45) is 0 Å². The lowest BCUT2D eigenvalue weighted by Gasteiger charge is -2.06. The number of aromatic amines is 1. The van der Waals surface area contributed by atoms with Gasteiger partial charge in [-0.1, -0.05) is 0 Å². The fourth-order valence-corrected chi connectivity index (χ4v) is 3.11. The second-order valence-electron chi connectivity index (χ2n) is 5.07. The highest BCUT2D eigenvalue weighted by Crippen LogP contribution is 2.45. The number of H-pyrrole nitrogens is 1. The number of hydrogen-bond donors (Lipinski definition) is 1. The van der Waals surface area contributed by atoms with E-state index in [9.17, 15) is 0 Å². The van der Waals surface area contributed by atoms with E-state index in [-0.39, 0.29) is 0 Å². The molecule has 19 heavy (non-hydrogen) atoms. The molecule has 2 aromatic heterocycles. The standard InChI is InChI=1S/C12H16N4OS2/c1-16(2)6-5-8-13-9(7-3-4-7)10(19-8)11-14-15-12(18)17-11/h7H,3-6H2,1-2H3,(H,15,18). The average Bonchev–Trinajstić information content (AvgIpc) is 2.98. The van der Waals surface area contributed by atoms with Gasteiger partial charge in [-0.25, -0.2) is 10.1 Å². The van der Waals surface area contributed by atoms with Crippen molar-refractivity contribution in [1.29, 1.82) is 0 Å². The van der Waals surface area contributed by atoms with Crippen LogP contribution in [0.5, 0.6) is 0 Å². The molecule has 0 bridgehead atoms. The van der Waals surface area contributed by atoms with Crippen LogP contribution < -0.4 is 0 Å². The lowest BCUT2D eigenvalue weighted by Crippen LogP contribution is -2.14. The van der Waals surface area contributed by atoms with E-state index in [2.05, 4.69) is 29.2 Å². The molecule has 1 aliphatic rings. The van der Waals surface area contributed by atoms with E-state index in [1.807, 2.05) is 0 Å². The van der Waals surface area contributed by atoms with Crippen LogP contribution in [0.4, 0.5) is 0 Å². The van der Waals surface area contributed by atoms with Crippen LogP contribution in [0.15, 0.2) is 4.42 Å². The van der Waals surface area contributed by atoms with Crippen molar-refractivity contribution >= 4 is 23.6 Å². The second-order valence-corrected chi connectivity index (χ2v) is 6.52. The summed E-state index contributed by atoms with van der Waals surface area (Å²) in [4.78, 5) is 8.30. The zero-order valence-electron chi connectivity index (χ0n) is 11.0. The summed E-state index contributed by atoms with van der Waals surface area (Å²) in [7, 11) is 4.14. The van der Waals surface area contributed by atoms with Crippen molar-refractivity contribution in [2.75, 3.05) is 20.6 Å². The maximum absolute atomic E-state index is 5.44. The molecule has 0 spiro atoms. The molecule has 0 amide bonds. The van der Waals surface area contributed by atoms with Gasteiger partial charge in [0.1, 0.15) is 4.88 Å². The Morgan fingerprint density at radius 1 is 1.47 bits per heavy atom. The van der Waals surface area contributed by atoms with Gasteiger partial charge in [0.15, 0.2) is 0 Å². The minimum Gasteiger partial charge on any atom is -0.408 e. The number of likely N-dealkylation sites (N-methyl/N-ethyl adjacent to an activating group) is 1. The number of rotatable bonds is 5. The first-order valence-corrected chi connectivity index (χ1v) is 7.56. The molecule has 102 valence electrons. The minimum absolute atomic E-state index is 0.319. The predicted octanol–water partition coefficient (Wildman–Crippen LogP) is 2.84. The molecule has 1 aliphatic carbocycles. The Morgan fingerprint density at radius 2 is 2.26 bits per heavy atom. The number of hydrogen-bond acceptors (Lipinski definition) is 6. The Morgan fingerprint density at radius 3 is 2.84 bits per heavy atom. The van der Waals surface area contributed by atoms with Crippen LogP contribution in [-0.2, 0) is 6.42 Å². The number of thiazole rings is 1. The van der Waals surface area contributed by atoms with Crippen molar-refractivity contribution < 1.29 is 4.42 Å². The van der Waals surface area contributed by atoms with Crippen LogP contribution in [0.1, 0.15) is 29.5 Å². The van der Waals surface area contributed by atoms with Gasteiger partial charge < -0.3 is 9.32 Å². The molecule has 3 rings (SSSR count).